The molecule has 3 nitrogen and oxygen atoms in total. The minimum atomic E-state index is -0.00413. The highest BCUT2D eigenvalue weighted by molar-refractivity contribution is 5.15. The van der Waals surface area contributed by atoms with Crippen molar-refractivity contribution in [1.29, 1.82) is 0 Å². The first-order valence-electron chi connectivity index (χ1n) is 6.26. The predicted octanol–water partition coefficient (Wildman–Crippen LogP) is 1.62. The molecule has 94 valence electrons. The van der Waals surface area contributed by atoms with Crippen molar-refractivity contribution in [2.45, 2.75) is 31.5 Å². The van der Waals surface area contributed by atoms with Crippen LogP contribution < -0.4 is 5.73 Å². The molecule has 0 amide bonds. The van der Waals surface area contributed by atoms with Gasteiger partial charge < -0.3 is 10.5 Å². The summed E-state index contributed by atoms with van der Waals surface area (Å²) in [5.41, 5.74) is 7.31. The second kappa shape index (κ2) is 5.17. The van der Waals surface area contributed by atoms with E-state index < -0.39 is 0 Å². The van der Waals surface area contributed by atoms with Gasteiger partial charge in [-0.3, -0.25) is 4.90 Å². The Morgan fingerprint density at radius 3 is 2.65 bits per heavy atom. The summed E-state index contributed by atoms with van der Waals surface area (Å²) >= 11 is 0. The second-order valence-electron chi connectivity index (χ2n) is 4.91. The summed E-state index contributed by atoms with van der Waals surface area (Å²) in [6, 6.07) is 10.5. The molecule has 2 N–H and O–H groups in total. The second-order valence-corrected chi connectivity index (χ2v) is 4.91. The number of likely N-dealkylation sites (N-methyl/N-ethyl adjacent to an activating group) is 1. The Morgan fingerprint density at radius 2 is 2.12 bits per heavy atom. The van der Waals surface area contributed by atoms with Gasteiger partial charge in [-0.25, -0.2) is 0 Å². The number of hydrogen-bond acceptors (Lipinski definition) is 3. The molecule has 1 aromatic carbocycles. The van der Waals surface area contributed by atoms with Crippen LogP contribution in [0.15, 0.2) is 30.3 Å². The Kier molecular flexibility index (Phi) is 3.82. The molecular weight excluding hydrogens is 212 g/mol. The molecule has 2 unspecified atom stereocenters. The lowest BCUT2D eigenvalue weighted by Gasteiger charge is -2.40. The first kappa shape index (κ1) is 12.6. The molecule has 1 saturated heterocycles. The zero-order chi connectivity index (χ0) is 12.3. The normalized spacial score (nSPS) is 28.8. The van der Waals surface area contributed by atoms with Crippen molar-refractivity contribution in [3.63, 3.8) is 0 Å². The van der Waals surface area contributed by atoms with Crippen LogP contribution in [0.4, 0.5) is 0 Å². The van der Waals surface area contributed by atoms with Crippen LogP contribution in [0.2, 0.25) is 0 Å². The van der Waals surface area contributed by atoms with Crippen molar-refractivity contribution in [1.82, 2.24) is 4.90 Å². The lowest BCUT2D eigenvalue weighted by atomic mass is 9.90. The smallest absolute Gasteiger partial charge is 0.0743 e. The largest absolute Gasteiger partial charge is 0.376 e. The number of nitrogens with zero attached hydrogens (tertiary/aromatic N) is 1. The summed E-state index contributed by atoms with van der Waals surface area (Å²) < 4.78 is 5.70. The van der Waals surface area contributed by atoms with Crippen molar-refractivity contribution < 1.29 is 4.74 Å². The van der Waals surface area contributed by atoms with Crippen LogP contribution in [0, 0.1) is 0 Å². The summed E-state index contributed by atoms with van der Waals surface area (Å²) in [6.07, 6.45) is 1.23. The Labute approximate surface area is 104 Å². The fourth-order valence-electron chi connectivity index (χ4n) is 2.71. The van der Waals surface area contributed by atoms with E-state index >= 15 is 0 Å². The third-order valence-electron chi connectivity index (χ3n) is 4.04. The third-order valence-corrected chi connectivity index (χ3v) is 4.04. The van der Waals surface area contributed by atoms with Crippen molar-refractivity contribution >= 4 is 0 Å². The highest BCUT2D eigenvalue weighted by Gasteiger charge is 2.43. The van der Waals surface area contributed by atoms with Crippen LogP contribution in [-0.2, 0) is 11.3 Å². The maximum absolute atomic E-state index is 5.99. The SMILES string of the molecule is CC1OCCC1(CN)N(C)Cc1ccccc1. The molecule has 17 heavy (non-hydrogen) atoms. The van der Waals surface area contributed by atoms with Gasteiger partial charge in [-0.1, -0.05) is 30.3 Å². The van der Waals surface area contributed by atoms with Gasteiger partial charge in [0.2, 0.25) is 0 Å². The summed E-state index contributed by atoms with van der Waals surface area (Å²) in [7, 11) is 2.14. The minimum Gasteiger partial charge on any atom is -0.376 e. The molecular formula is C14H22N2O. The number of nitrogens with two attached hydrogens (primary N) is 1. The van der Waals surface area contributed by atoms with Gasteiger partial charge in [0.05, 0.1) is 11.6 Å². The molecule has 0 bridgehead atoms. The number of rotatable bonds is 4. The van der Waals surface area contributed by atoms with E-state index in [4.69, 9.17) is 10.5 Å². The van der Waals surface area contributed by atoms with E-state index in [0.717, 1.165) is 19.6 Å². The van der Waals surface area contributed by atoms with Crippen molar-refractivity contribution in [2.24, 2.45) is 5.73 Å². The molecule has 2 atom stereocenters. The first-order chi connectivity index (χ1) is 8.19. The number of ether oxygens (including phenoxy) is 1. The van der Waals surface area contributed by atoms with Gasteiger partial charge >= 0.3 is 0 Å². The lowest BCUT2D eigenvalue weighted by molar-refractivity contribution is 0.0245. The monoisotopic (exact) mass is 234 g/mol. The molecule has 1 fully saturated rings. The average Bonchev–Trinajstić information content (AvgIpc) is 2.73. The van der Waals surface area contributed by atoms with E-state index in [1.807, 2.05) is 6.07 Å². The van der Waals surface area contributed by atoms with Gasteiger partial charge in [-0.05, 0) is 26.0 Å². The quantitative estimate of drug-likeness (QED) is 0.860. The minimum absolute atomic E-state index is 0.00413. The molecule has 3 heteroatoms. The first-order valence-corrected chi connectivity index (χ1v) is 6.26. The zero-order valence-corrected chi connectivity index (χ0v) is 10.7. The Hall–Kier alpha value is -0.900. The third kappa shape index (κ3) is 2.37. The molecule has 1 aromatic rings. The number of hydrogen-bond donors (Lipinski definition) is 1. The standard InChI is InChI=1S/C14H22N2O/c1-12-14(11-15,8-9-17-12)16(2)10-13-6-4-3-5-7-13/h3-7,12H,8-11,15H2,1-2H3. The van der Waals surface area contributed by atoms with Crippen molar-refractivity contribution in [2.75, 3.05) is 20.2 Å². The van der Waals surface area contributed by atoms with Crippen LogP contribution in [0.25, 0.3) is 0 Å². The fraction of sp³-hybridized carbons (Fsp3) is 0.571. The van der Waals surface area contributed by atoms with Crippen LogP contribution in [0.1, 0.15) is 18.9 Å². The highest BCUT2D eigenvalue weighted by atomic mass is 16.5. The molecule has 0 radical (unpaired) electrons. The van der Waals surface area contributed by atoms with E-state index in [0.29, 0.717) is 6.54 Å². The van der Waals surface area contributed by atoms with E-state index in [2.05, 4.69) is 43.1 Å². The zero-order valence-electron chi connectivity index (χ0n) is 10.7. The van der Waals surface area contributed by atoms with Crippen molar-refractivity contribution in [3.05, 3.63) is 35.9 Å². The van der Waals surface area contributed by atoms with Gasteiger partial charge in [0.15, 0.2) is 0 Å². The molecule has 2 rings (SSSR count). The Morgan fingerprint density at radius 1 is 1.41 bits per heavy atom. The maximum Gasteiger partial charge on any atom is 0.0743 e. The van der Waals surface area contributed by atoms with E-state index in [1.165, 1.54) is 5.56 Å². The van der Waals surface area contributed by atoms with Gasteiger partial charge in [-0.15, -0.1) is 0 Å². The maximum atomic E-state index is 5.99. The fourth-order valence-corrected chi connectivity index (χ4v) is 2.71. The summed E-state index contributed by atoms with van der Waals surface area (Å²) in [6.45, 7) is 4.52. The predicted molar refractivity (Wildman–Crippen MR) is 69.7 cm³/mol. The average molecular weight is 234 g/mol. The Balaban J connectivity index is 2.10. The van der Waals surface area contributed by atoms with Crippen LogP contribution >= 0.6 is 0 Å². The van der Waals surface area contributed by atoms with E-state index in [-0.39, 0.29) is 11.6 Å². The summed E-state index contributed by atoms with van der Waals surface area (Å²) in [5.74, 6) is 0. The molecule has 0 saturated carbocycles. The molecule has 0 aliphatic carbocycles. The molecule has 1 heterocycles. The van der Waals surface area contributed by atoms with Gasteiger partial charge in [0.25, 0.3) is 0 Å². The summed E-state index contributed by atoms with van der Waals surface area (Å²) in [5, 5.41) is 0. The molecule has 1 aliphatic rings. The Bertz CT molecular complexity index is 354. The van der Waals surface area contributed by atoms with Crippen LogP contribution in [0.5, 0.6) is 0 Å². The molecule has 0 spiro atoms. The van der Waals surface area contributed by atoms with Gasteiger partial charge in [-0.2, -0.15) is 0 Å². The van der Waals surface area contributed by atoms with Crippen LogP contribution in [-0.4, -0.2) is 36.7 Å². The number of benzene rings is 1. The molecule has 0 aromatic heterocycles. The van der Waals surface area contributed by atoms with Gasteiger partial charge in [0.1, 0.15) is 0 Å². The van der Waals surface area contributed by atoms with Crippen molar-refractivity contribution in [3.8, 4) is 0 Å². The van der Waals surface area contributed by atoms with E-state index in [1.54, 1.807) is 0 Å². The van der Waals surface area contributed by atoms with Gasteiger partial charge in [0, 0.05) is 19.7 Å². The lowest BCUT2D eigenvalue weighted by Crippen LogP contribution is -2.56. The van der Waals surface area contributed by atoms with E-state index in [9.17, 15) is 0 Å². The summed E-state index contributed by atoms with van der Waals surface area (Å²) in [4.78, 5) is 2.35. The molecule has 1 aliphatic heterocycles. The van der Waals surface area contributed by atoms with Crippen LogP contribution in [0.3, 0.4) is 0 Å². The highest BCUT2D eigenvalue weighted by Crippen LogP contribution is 2.31. The topological polar surface area (TPSA) is 38.5 Å².